The quantitative estimate of drug-likeness (QED) is 0.755. The lowest BCUT2D eigenvalue weighted by molar-refractivity contribution is 0.0789. The zero-order chi connectivity index (χ0) is 10.8. The molecule has 2 heterocycles. The van der Waals surface area contributed by atoms with Crippen LogP contribution in [0.15, 0.2) is 17.5 Å². The van der Waals surface area contributed by atoms with E-state index in [0.717, 1.165) is 24.4 Å². The molecule has 1 aliphatic rings. The molecule has 0 saturated carbocycles. The Morgan fingerprint density at radius 3 is 2.93 bits per heavy atom. The molecular weight excluding hydrogens is 206 g/mol. The highest BCUT2D eigenvalue weighted by Crippen LogP contribution is 2.25. The smallest absolute Gasteiger partial charge is 0.263 e. The Hall–Kier alpha value is -0.830. The highest BCUT2D eigenvalue weighted by atomic mass is 32.1. The summed E-state index contributed by atoms with van der Waals surface area (Å²) in [4.78, 5) is 14.9. The van der Waals surface area contributed by atoms with Gasteiger partial charge >= 0.3 is 0 Å². The predicted octanol–water partition coefficient (Wildman–Crippen LogP) is 2.87. The van der Waals surface area contributed by atoms with Crippen molar-refractivity contribution in [2.24, 2.45) is 11.8 Å². The molecular formula is C12H17NOS. The maximum atomic E-state index is 12.0. The summed E-state index contributed by atoms with van der Waals surface area (Å²) in [7, 11) is 0. The van der Waals surface area contributed by atoms with Crippen molar-refractivity contribution in [3.63, 3.8) is 0 Å². The number of amides is 1. The molecule has 1 aliphatic heterocycles. The molecule has 0 aliphatic carbocycles. The first-order chi connectivity index (χ1) is 7.18. The fourth-order valence-corrected chi connectivity index (χ4v) is 2.76. The maximum absolute atomic E-state index is 12.0. The van der Waals surface area contributed by atoms with Gasteiger partial charge in [0.15, 0.2) is 0 Å². The summed E-state index contributed by atoms with van der Waals surface area (Å²) in [5, 5.41) is 1.96. The van der Waals surface area contributed by atoms with Gasteiger partial charge in [0.1, 0.15) is 0 Å². The molecule has 0 N–H and O–H groups in total. The first-order valence-corrected chi connectivity index (χ1v) is 6.39. The van der Waals surface area contributed by atoms with Gasteiger partial charge in [-0.3, -0.25) is 4.79 Å². The lowest BCUT2D eigenvalue weighted by atomic mass is 9.95. The van der Waals surface area contributed by atoms with Crippen LogP contribution in [0.3, 0.4) is 0 Å². The average Bonchev–Trinajstić information content (AvgIpc) is 2.88. The standard InChI is InChI=1S/C12H17NOS/c1-9(2)10-5-6-13(8-10)12(14)11-4-3-7-15-11/h3-4,7,9-10H,5-6,8H2,1-2H3. The minimum Gasteiger partial charge on any atom is -0.338 e. The van der Waals surface area contributed by atoms with Gasteiger partial charge < -0.3 is 4.90 Å². The minimum atomic E-state index is 0.216. The van der Waals surface area contributed by atoms with Crippen molar-refractivity contribution in [2.75, 3.05) is 13.1 Å². The number of hydrogen-bond donors (Lipinski definition) is 0. The fourth-order valence-electron chi connectivity index (χ4n) is 2.07. The van der Waals surface area contributed by atoms with Gasteiger partial charge in [-0.2, -0.15) is 0 Å². The summed E-state index contributed by atoms with van der Waals surface area (Å²) >= 11 is 1.54. The summed E-state index contributed by atoms with van der Waals surface area (Å²) in [5.74, 6) is 1.59. The molecule has 0 bridgehead atoms. The first kappa shape index (κ1) is 10.7. The van der Waals surface area contributed by atoms with Crippen LogP contribution in [0.4, 0.5) is 0 Å². The number of rotatable bonds is 2. The third kappa shape index (κ3) is 2.23. The largest absolute Gasteiger partial charge is 0.338 e. The fraction of sp³-hybridized carbons (Fsp3) is 0.583. The Morgan fingerprint density at radius 1 is 1.60 bits per heavy atom. The normalized spacial score (nSPS) is 21.3. The lowest BCUT2D eigenvalue weighted by Gasteiger charge is -2.17. The molecule has 1 aromatic heterocycles. The van der Waals surface area contributed by atoms with Gasteiger partial charge in [-0.25, -0.2) is 0 Å². The van der Waals surface area contributed by atoms with E-state index in [2.05, 4.69) is 13.8 Å². The number of thiophene rings is 1. The van der Waals surface area contributed by atoms with Crippen LogP contribution in [0.5, 0.6) is 0 Å². The molecule has 1 atom stereocenters. The topological polar surface area (TPSA) is 20.3 Å². The summed E-state index contributed by atoms with van der Waals surface area (Å²) < 4.78 is 0. The monoisotopic (exact) mass is 223 g/mol. The van der Waals surface area contributed by atoms with Crippen LogP contribution >= 0.6 is 11.3 Å². The summed E-state index contributed by atoms with van der Waals surface area (Å²) in [5.41, 5.74) is 0. The van der Waals surface area contributed by atoms with Gasteiger partial charge in [0.25, 0.3) is 5.91 Å². The first-order valence-electron chi connectivity index (χ1n) is 5.51. The second-order valence-corrected chi connectivity index (χ2v) is 5.47. The SMILES string of the molecule is CC(C)C1CCN(C(=O)c2cccs2)C1. The van der Waals surface area contributed by atoms with Crippen molar-refractivity contribution in [2.45, 2.75) is 20.3 Å². The Balaban J connectivity index is 1.99. The van der Waals surface area contributed by atoms with Gasteiger partial charge in [-0.15, -0.1) is 11.3 Å². The highest BCUT2D eigenvalue weighted by Gasteiger charge is 2.28. The molecule has 2 rings (SSSR count). The van der Waals surface area contributed by atoms with E-state index >= 15 is 0 Å². The second kappa shape index (κ2) is 4.35. The van der Waals surface area contributed by atoms with E-state index in [-0.39, 0.29) is 5.91 Å². The number of nitrogens with zero attached hydrogens (tertiary/aromatic N) is 1. The van der Waals surface area contributed by atoms with Crippen molar-refractivity contribution in [1.82, 2.24) is 4.90 Å². The molecule has 82 valence electrons. The van der Waals surface area contributed by atoms with Crippen LogP contribution in [-0.4, -0.2) is 23.9 Å². The molecule has 1 amide bonds. The lowest BCUT2D eigenvalue weighted by Crippen LogP contribution is -2.28. The van der Waals surface area contributed by atoms with E-state index in [1.54, 1.807) is 0 Å². The van der Waals surface area contributed by atoms with E-state index in [4.69, 9.17) is 0 Å². The zero-order valence-electron chi connectivity index (χ0n) is 9.27. The molecule has 15 heavy (non-hydrogen) atoms. The third-order valence-electron chi connectivity index (χ3n) is 3.19. The number of carbonyl (C=O) groups excluding carboxylic acids is 1. The number of likely N-dealkylation sites (tertiary alicyclic amines) is 1. The van der Waals surface area contributed by atoms with Gasteiger partial charge in [0.05, 0.1) is 4.88 Å². The molecule has 0 radical (unpaired) electrons. The van der Waals surface area contributed by atoms with E-state index in [1.165, 1.54) is 11.3 Å². The third-order valence-corrected chi connectivity index (χ3v) is 4.04. The Bertz CT molecular complexity index is 331. The highest BCUT2D eigenvalue weighted by molar-refractivity contribution is 7.12. The van der Waals surface area contributed by atoms with Crippen molar-refractivity contribution in [1.29, 1.82) is 0 Å². The van der Waals surface area contributed by atoms with Crippen molar-refractivity contribution >= 4 is 17.2 Å². The van der Waals surface area contributed by atoms with Crippen LogP contribution < -0.4 is 0 Å². The van der Waals surface area contributed by atoms with Crippen LogP contribution in [0.2, 0.25) is 0 Å². The minimum absolute atomic E-state index is 0.216. The van der Waals surface area contributed by atoms with Gasteiger partial charge in [-0.05, 0) is 29.7 Å². The van der Waals surface area contributed by atoms with E-state index in [1.807, 2.05) is 22.4 Å². The van der Waals surface area contributed by atoms with Crippen LogP contribution in [0, 0.1) is 11.8 Å². The molecule has 2 nitrogen and oxygen atoms in total. The van der Waals surface area contributed by atoms with Crippen LogP contribution in [-0.2, 0) is 0 Å². The summed E-state index contributed by atoms with van der Waals surface area (Å²) in [6, 6.07) is 3.85. The zero-order valence-corrected chi connectivity index (χ0v) is 10.1. The average molecular weight is 223 g/mol. The van der Waals surface area contributed by atoms with Crippen molar-refractivity contribution in [3.8, 4) is 0 Å². The number of hydrogen-bond acceptors (Lipinski definition) is 2. The Morgan fingerprint density at radius 2 is 2.40 bits per heavy atom. The molecule has 3 heteroatoms. The Kier molecular flexibility index (Phi) is 3.10. The molecule has 1 unspecified atom stereocenters. The number of carbonyl (C=O) groups is 1. The van der Waals surface area contributed by atoms with Crippen LogP contribution in [0.1, 0.15) is 29.9 Å². The van der Waals surface area contributed by atoms with Crippen molar-refractivity contribution < 1.29 is 4.79 Å². The Labute approximate surface area is 94.9 Å². The molecule has 0 aromatic carbocycles. The molecule has 1 fully saturated rings. The molecule has 1 saturated heterocycles. The summed E-state index contributed by atoms with van der Waals surface area (Å²) in [6.45, 7) is 6.35. The van der Waals surface area contributed by atoms with Gasteiger partial charge in [0, 0.05) is 13.1 Å². The van der Waals surface area contributed by atoms with Gasteiger partial charge in [-0.1, -0.05) is 19.9 Å². The maximum Gasteiger partial charge on any atom is 0.263 e. The second-order valence-electron chi connectivity index (χ2n) is 4.52. The van der Waals surface area contributed by atoms with Crippen LogP contribution in [0.25, 0.3) is 0 Å². The summed E-state index contributed by atoms with van der Waals surface area (Å²) in [6.07, 6.45) is 1.16. The van der Waals surface area contributed by atoms with Gasteiger partial charge in [0.2, 0.25) is 0 Å². The van der Waals surface area contributed by atoms with E-state index in [9.17, 15) is 4.79 Å². The molecule has 0 spiro atoms. The molecule has 1 aromatic rings. The predicted molar refractivity (Wildman–Crippen MR) is 63.2 cm³/mol. The van der Waals surface area contributed by atoms with Crippen molar-refractivity contribution in [3.05, 3.63) is 22.4 Å². The van der Waals surface area contributed by atoms with E-state index in [0.29, 0.717) is 11.8 Å². The van der Waals surface area contributed by atoms with E-state index < -0.39 is 0 Å².